The average molecular weight is 1570 g/mol. The van der Waals surface area contributed by atoms with Crippen molar-refractivity contribution in [3.63, 3.8) is 0 Å². The molecule has 11 amide bonds. The highest BCUT2D eigenvalue weighted by atomic mass is 35.5. The molecule has 4 aromatic carbocycles. The van der Waals surface area contributed by atoms with Gasteiger partial charge in [0.1, 0.15) is 66.2 Å². The molecule has 1 aliphatic heterocycles. The number of carbonyl (C=O) groups is 11. The largest absolute Gasteiger partial charge is 0.508 e. The van der Waals surface area contributed by atoms with Crippen LogP contribution in [0.25, 0.3) is 10.8 Å². The van der Waals surface area contributed by atoms with Gasteiger partial charge < -0.3 is 90.0 Å². The number of aliphatic imine (C=N–C) groups is 2. The number of halogens is 1. The van der Waals surface area contributed by atoms with Crippen LogP contribution in [0.2, 0.25) is 5.02 Å². The molecule has 1 aromatic heterocycles. The molecular weight excluding hydrogens is 1460 g/mol. The standard InChI is InChI=1S/C80H113ClN18O13/c1-9-84-79(85-10-2)88-38-17-15-24-60(70(104)94-62(41-49(5)6)71(105)93-61(25-16-18-39-89-80(86-11-3)87-12-4)78(112)99-40-20-26-68(99)77(111)90-50(7)69(82)103)92-73(107)64(44-53-30-35-59(102)36-31-53)97-76(110)67(48-100)98-75(109)66(46-55-21-19-37-83-47-55)96-74(108)65(43-52-28-33-58(81)34-29-52)95-72(106)63(91-51(8)101)45-54-27-32-56-22-13-14-23-57(56)42-54/h13-14,19,21-23,27-37,42,47,49-50,60-68,100,102H,9-12,15-18,20,24-26,38-41,43-46,48H2,1-8H3,(H2,82,103)(H,90,111)(H,91,101)(H,92,107)(H,93,105)(H,94,104)(H,95,106)(H,96,108)(H,97,110)(H,98,109)(H2,84,85,88)(H2,86,87,89)/t50-,60-,61-,62+,63-,64+,65-,66-,67+,68+/m1/s1. The van der Waals surface area contributed by atoms with Gasteiger partial charge in [0.15, 0.2) is 11.9 Å². The first kappa shape index (κ1) is 89.9. The summed E-state index contributed by atoms with van der Waals surface area (Å²) >= 11 is 6.26. The van der Waals surface area contributed by atoms with Crippen molar-refractivity contribution < 1.29 is 63.0 Å². The van der Waals surface area contributed by atoms with Crippen LogP contribution < -0.4 is 74.9 Å². The number of carbonyl (C=O) groups excluding carboxylic acids is 11. The summed E-state index contributed by atoms with van der Waals surface area (Å²) in [4.78, 5) is 172. The second-order valence-electron chi connectivity index (χ2n) is 28.0. The summed E-state index contributed by atoms with van der Waals surface area (Å²) in [6.45, 7) is 16.3. The second-order valence-corrected chi connectivity index (χ2v) is 28.5. The number of benzene rings is 4. The van der Waals surface area contributed by atoms with Crippen LogP contribution in [-0.2, 0) is 78.4 Å². The number of phenolic OH excluding ortho intramolecular Hbond substituents is 1. The molecule has 0 bridgehead atoms. The predicted molar refractivity (Wildman–Crippen MR) is 429 cm³/mol. The Bertz CT molecular complexity index is 3970. The van der Waals surface area contributed by atoms with Crippen molar-refractivity contribution in [1.82, 2.24) is 79.0 Å². The van der Waals surface area contributed by atoms with Crippen LogP contribution in [0.5, 0.6) is 5.75 Å². The Kier molecular flexibility index (Phi) is 38.0. The minimum atomic E-state index is -1.82. The van der Waals surface area contributed by atoms with Gasteiger partial charge in [-0.05, 0) is 162 Å². The van der Waals surface area contributed by atoms with Crippen molar-refractivity contribution in [2.45, 2.75) is 199 Å². The quantitative estimate of drug-likeness (QED) is 0.0151. The Morgan fingerprint density at radius 1 is 0.518 bits per heavy atom. The molecule has 1 fully saturated rings. The first-order valence-corrected chi connectivity index (χ1v) is 38.9. The van der Waals surface area contributed by atoms with Crippen LogP contribution in [0, 0.1) is 5.92 Å². The lowest BCUT2D eigenvalue weighted by Gasteiger charge is -2.31. The van der Waals surface area contributed by atoms with Crippen LogP contribution >= 0.6 is 11.6 Å². The molecule has 0 unspecified atom stereocenters. The first-order chi connectivity index (χ1) is 53.7. The average Bonchev–Trinajstić information content (AvgIpc) is 1.57. The number of aromatic nitrogens is 1. The van der Waals surface area contributed by atoms with Gasteiger partial charge in [-0.2, -0.15) is 0 Å². The highest BCUT2D eigenvalue weighted by molar-refractivity contribution is 6.30. The van der Waals surface area contributed by atoms with Gasteiger partial charge in [0, 0.05) is 95.8 Å². The molecule has 0 spiro atoms. The summed E-state index contributed by atoms with van der Waals surface area (Å²) in [6, 6.07) is 15.3. The van der Waals surface area contributed by atoms with Gasteiger partial charge in [-0.1, -0.05) is 98.2 Å². The van der Waals surface area contributed by atoms with Gasteiger partial charge in [0.25, 0.3) is 0 Å². The highest BCUT2D eigenvalue weighted by Crippen LogP contribution is 2.23. The second kappa shape index (κ2) is 47.3. The Morgan fingerprint density at radius 3 is 1.47 bits per heavy atom. The van der Waals surface area contributed by atoms with Gasteiger partial charge >= 0.3 is 0 Å². The Balaban J connectivity index is 1.29. The first-order valence-electron chi connectivity index (χ1n) is 38.6. The van der Waals surface area contributed by atoms with E-state index in [1.807, 2.05) is 84.0 Å². The predicted octanol–water partition coefficient (Wildman–Crippen LogP) is 2.27. The minimum absolute atomic E-state index is 0.0365. The number of primary amides is 1. The van der Waals surface area contributed by atoms with Crippen molar-refractivity contribution in [3.8, 4) is 5.75 Å². The molecule has 6 rings (SSSR count). The van der Waals surface area contributed by atoms with Crippen LogP contribution in [0.15, 0.2) is 126 Å². The third-order valence-electron chi connectivity index (χ3n) is 18.5. The number of aliphatic hydroxyl groups excluding tert-OH is 1. The van der Waals surface area contributed by atoms with E-state index in [1.54, 1.807) is 36.4 Å². The van der Waals surface area contributed by atoms with Gasteiger partial charge in [-0.15, -0.1) is 0 Å². The van der Waals surface area contributed by atoms with Crippen LogP contribution in [0.1, 0.15) is 135 Å². The van der Waals surface area contributed by atoms with Crippen LogP contribution in [0.4, 0.5) is 0 Å². The normalized spacial score (nSPS) is 14.8. The van der Waals surface area contributed by atoms with Gasteiger partial charge in [-0.3, -0.25) is 67.7 Å². The van der Waals surface area contributed by atoms with E-state index in [9.17, 15) is 53.4 Å². The van der Waals surface area contributed by atoms with Gasteiger partial charge in [0.05, 0.1) is 6.61 Å². The molecule has 0 aliphatic carbocycles. The van der Waals surface area contributed by atoms with E-state index in [4.69, 9.17) is 17.3 Å². The highest BCUT2D eigenvalue weighted by Gasteiger charge is 2.40. The number of hydrogen-bond donors (Lipinski definition) is 16. The molecule has 32 heteroatoms. The lowest BCUT2D eigenvalue weighted by Crippen LogP contribution is -2.61. The zero-order valence-electron chi connectivity index (χ0n) is 65.3. The number of unbranched alkanes of at least 4 members (excludes halogenated alkanes) is 2. The number of nitrogens with two attached hydrogens (primary N) is 1. The summed E-state index contributed by atoms with van der Waals surface area (Å²) in [5.74, 6) is -7.72. The Labute approximate surface area is 660 Å². The molecule has 5 aromatic rings. The van der Waals surface area contributed by atoms with E-state index in [2.05, 4.69) is 84.1 Å². The number of phenols is 1. The number of fused-ring (bicyclic) bond motifs is 1. The van der Waals surface area contributed by atoms with Crippen LogP contribution in [0.3, 0.4) is 0 Å². The molecule has 1 saturated heterocycles. The molecule has 608 valence electrons. The van der Waals surface area contributed by atoms with E-state index < -0.39 is 132 Å². The van der Waals surface area contributed by atoms with Crippen LogP contribution in [-0.4, -0.2) is 210 Å². The number of aliphatic hydroxyl groups is 1. The molecule has 1 aliphatic rings. The van der Waals surface area contributed by atoms with E-state index in [-0.39, 0.29) is 76.0 Å². The fraction of sp³-hybridized carbons (Fsp3) is 0.500. The summed E-state index contributed by atoms with van der Waals surface area (Å²) in [5.41, 5.74) is 7.61. The number of aromatic hydroxyl groups is 1. The zero-order chi connectivity index (χ0) is 81.7. The number of pyridine rings is 1. The molecule has 112 heavy (non-hydrogen) atoms. The maximum atomic E-state index is 15.2. The number of guanidine groups is 2. The van der Waals surface area contributed by atoms with Crippen molar-refractivity contribution in [2.75, 3.05) is 52.4 Å². The molecule has 2 heterocycles. The van der Waals surface area contributed by atoms with Crippen molar-refractivity contribution in [1.29, 1.82) is 0 Å². The molecule has 0 saturated carbocycles. The zero-order valence-corrected chi connectivity index (χ0v) is 66.1. The summed E-state index contributed by atoms with van der Waals surface area (Å²) in [7, 11) is 0. The molecule has 31 nitrogen and oxygen atoms in total. The summed E-state index contributed by atoms with van der Waals surface area (Å²) in [6.07, 6.45) is 4.77. The molecular formula is C80H113ClN18O13. The van der Waals surface area contributed by atoms with Gasteiger partial charge in [0.2, 0.25) is 65.0 Å². The summed E-state index contributed by atoms with van der Waals surface area (Å²) < 4.78 is 0. The lowest BCUT2D eigenvalue weighted by molar-refractivity contribution is -0.142. The van der Waals surface area contributed by atoms with Crippen molar-refractivity contribution in [3.05, 3.63) is 143 Å². The van der Waals surface area contributed by atoms with E-state index in [0.29, 0.717) is 104 Å². The molecule has 0 radical (unpaired) electrons. The van der Waals surface area contributed by atoms with Gasteiger partial charge in [-0.25, -0.2) is 0 Å². The fourth-order valence-electron chi connectivity index (χ4n) is 12.7. The number of hydrogen-bond acceptors (Lipinski definition) is 16. The fourth-order valence-corrected chi connectivity index (χ4v) is 12.8. The van der Waals surface area contributed by atoms with E-state index in [0.717, 1.165) is 10.8 Å². The number of amides is 11. The minimum Gasteiger partial charge on any atom is -0.508 e. The number of rotatable bonds is 44. The maximum absolute atomic E-state index is 15.2. The smallest absolute Gasteiger partial charge is 0.245 e. The molecule has 10 atom stereocenters. The monoisotopic (exact) mass is 1570 g/mol. The number of nitrogens with zero attached hydrogens (tertiary/aromatic N) is 4. The SMILES string of the molecule is CCNC(=NCCCC[C@@H](NC(=O)[C@H](Cc1ccc(O)cc1)NC(=O)[C@H](CO)NC(=O)[C@@H](Cc1cccnc1)NC(=O)[C@@H](Cc1ccc(Cl)cc1)NC(=O)[C@@H](Cc1ccc2ccccc2c1)NC(C)=O)C(=O)N[C@@H](CC(C)C)C(=O)N[C@H](CCCCN=C(NCC)NCC)C(=O)N1CCC[C@H]1C(=O)N[C@H](C)C(N)=O)NCC. The lowest BCUT2D eigenvalue weighted by atomic mass is 9.99. The third-order valence-corrected chi connectivity index (χ3v) is 18.7. The summed E-state index contributed by atoms with van der Waals surface area (Å²) in [5, 5.41) is 60.9. The number of nitrogens with one attached hydrogen (secondary N) is 13. The molecule has 17 N–H and O–H groups in total. The Hall–Kier alpha value is -10.9. The number of likely N-dealkylation sites (tertiary alicyclic amines) is 1. The Morgan fingerprint density at radius 2 is 0.964 bits per heavy atom. The van der Waals surface area contributed by atoms with E-state index in [1.165, 1.54) is 55.4 Å². The third kappa shape index (κ3) is 30.4. The van der Waals surface area contributed by atoms with E-state index >= 15 is 9.59 Å². The maximum Gasteiger partial charge on any atom is 0.245 e. The topological polar surface area (TPSA) is 451 Å². The van der Waals surface area contributed by atoms with Crippen molar-refractivity contribution in [2.24, 2.45) is 21.6 Å². The van der Waals surface area contributed by atoms with Crippen molar-refractivity contribution >= 4 is 99.3 Å².